The molecule has 0 radical (unpaired) electrons. The van der Waals surface area contributed by atoms with Crippen molar-refractivity contribution in [2.45, 2.75) is 39.3 Å². The van der Waals surface area contributed by atoms with E-state index < -0.39 is 11.6 Å². The average Bonchev–Trinajstić information content (AvgIpc) is 3.14. The Labute approximate surface area is 169 Å². The minimum Gasteiger partial charge on any atom is -0.491 e. The first-order valence-corrected chi connectivity index (χ1v) is 9.78. The largest absolute Gasteiger partial charge is 0.491 e. The second kappa shape index (κ2) is 9.11. The molecule has 0 aliphatic carbocycles. The van der Waals surface area contributed by atoms with Crippen LogP contribution < -0.4 is 19.7 Å². The van der Waals surface area contributed by atoms with Crippen molar-refractivity contribution in [3.05, 3.63) is 53.6 Å². The predicted molar refractivity (Wildman–Crippen MR) is 107 cm³/mol. The number of ether oxygens (including phenoxy) is 2. The highest BCUT2D eigenvalue weighted by Crippen LogP contribution is 2.31. The summed E-state index contributed by atoms with van der Waals surface area (Å²) < 4.78 is 39.7. The molecule has 156 valence electrons. The number of nitrogens with zero attached hydrogens (tertiary/aromatic N) is 1. The van der Waals surface area contributed by atoms with Gasteiger partial charge < -0.3 is 19.7 Å². The Bertz CT molecular complexity index is 858. The van der Waals surface area contributed by atoms with Crippen molar-refractivity contribution in [2.24, 2.45) is 0 Å². The zero-order chi connectivity index (χ0) is 21.0. The summed E-state index contributed by atoms with van der Waals surface area (Å²) in [4.78, 5) is 13.0. The summed E-state index contributed by atoms with van der Waals surface area (Å²) in [6.07, 6.45) is 0.584. The Morgan fingerprint density at radius 1 is 1.21 bits per heavy atom. The third-order valence-corrected chi connectivity index (χ3v) is 4.91. The van der Waals surface area contributed by atoms with Gasteiger partial charge in [-0.15, -0.1) is 0 Å². The van der Waals surface area contributed by atoms with Crippen molar-refractivity contribution in [1.29, 1.82) is 0 Å². The van der Waals surface area contributed by atoms with E-state index in [0.717, 1.165) is 5.56 Å². The molecule has 1 fully saturated rings. The third-order valence-electron chi connectivity index (χ3n) is 4.91. The van der Waals surface area contributed by atoms with Gasteiger partial charge in [0, 0.05) is 19.9 Å². The highest BCUT2D eigenvalue weighted by molar-refractivity contribution is 5.73. The van der Waals surface area contributed by atoms with Crippen LogP contribution in [0.3, 0.4) is 0 Å². The summed E-state index contributed by atoms with van der Waals surface area (Å²) in [6, 6.07) is 10.4. The molecule has 2 atom stereocenters. The van der Waals surface area contributed by atoms with E-state index >= 15 is 0 Å². The first-order chi connectivity index (χ1) is 13.9. The third kappa shape index (κ3) is 4.96. The topological polar surface area (TPSA) is 50.8 Å². The summed E-state index contributed by atoms with van der Waals surface area (Å²) in [5, 5.41) is 2.84. The van der Waals surface area contributed by atoms with Gasteiger partial charge in [-0.05, 0) is 43.7 Å². The number of nitrogens with one attached hydrogen (secondary N) is 1. The molecule has 0 aromatic heterocycles. The quantitative estimate of drug-likeness (QED) is 0.751. The number of carbonyl (C=O) groups is 1. The number of benzene rings is 2. The van der Waals surface area contributed by atoms with Gasteiger partial charge in [-0.3, -0.25) is 4.79 Å². The van der Waals surface area contributed by atoms with E-state index in [9.17, 15) is 13.6 Å². The number of anilines is 1. The highest BCUT2D eigenvalue weighted by Gasteiger charge is 2.28. The molecule has 29 heavy (non-hydrogen) atoms. The van der Waals surface area contributed by atoms with Crippen LogP contribution in [0.4, 0.5) is 14.5 Å². The van der Waals surface area contributed by atoms with Gasteiger partial charge in [0.05, 0.1) is 24.9 Å². The van der Waals surface area contributed by atoms with Crippen LogP contribution in [0.5, 0.6) is 11.5 Å². The standard InChI is InChI=1S/C22H26F2N2O3/c1-4-28-20-10-9-19(21(23)22(20)24)26-12-11-18(13-26)29-17-7-5-16(6-8-17)14(2)25-15(3)27/h5-10,14,18H,4,11-13H2,1-3H3,(H,25,27)/t14-,18+/m0/s1. The van der Waals surface area contributed by atoms with Gasteiger partial charge in [-0.1, -0.05) is 12.1 Å². The number of hydrogen-bond donors (Lipinski definition) is 1. The van der Waals surface area contributed by atoms with Gasteiger partial charge in [0.25, 0.3) is 0 Å². The van der Waals surface area contributed by atoms with E-state index in [2.05, 4.69) is 5.32 Å². The lowest BCUT2D eigenvalue weighted by Gasteiger charge is -2.21. The molecule has 1 N–H and O–H groups in total. The lowest BCUT2D eigenvalue weighted by Crippen LogP contribution is -2.25. The Kier molecular flexibility index (Phi) is 6.56. The van der Waals surface area contributed by atoms with Crippen LogP contribution in [0.1, 0.15) is 38.8 Å². The normalized spacial score (nSPS) is 17.1. The van der Waals surface area contributed by atoms with Crippen LogP contribution in [0.25, 0.3) is 0 Å². The van der Waals surface area contributed by atoms with Gasteiger partial charge in [-0.25, -0.2) is 4.39 Å². The van der Waals surface area contributed by atoms with E-state index in [1.54, 1.807) is 17.9 Å². The highest BCUT2D eigenvalue weighted by atomic mass is 19.2. The molecule has 1 aliphatic heterocycles. The summed E-state index contributed by atoms with van der Waals surface area (Å²) in [6.45, 7) is 6.44. The van der Waals surface area contributed by atoms with Gasteiger partial charge in [0.1, 0.15) is 11.9 Å². The Morgan fingerprint density at radius 2 is 1.93 bits per heavy atom. The molecule has 7 heteroatoms. The van der Waals surface area contributed by atoms with Crippen LogP contribution in [0.2, 0.25) is 0 Å². The SMILES string of the molecule is CCOc1ccc(N2CC[C@@H](Oc3ccc([C@H](C)NC(C)=O)cc3)C2)c(F)c1F. The Hall–Kier alpha value is -2.83. The minimum atomic E-state index is -0.961. The number of rotatable bonds is 7. The second-order valence-electron chi connectivity index (χ2n) is 7.11. The van der Waals surface area contributed by atoms with E-state index in [0.29, 0.717) is 25.3 Å². The van der Waals surface area contributed by atoms with Crippen molar-refractivity contribution >= 4 is 11.6 Å². The second-order valence-corrected chi connectivity index (χ2v) is 7.11. The van der Waals surface area contributed by atoms with E-state index in [-0.39, 0.29) is 36.1 Å². The lowest BCUT2D eigenvalue weighted by atomic mass is 10.1. The maximum absolute atomic E-state index is 14.4. The fourth-order valence-electron chi connectivity index (χ4n) is 3.49. The molecular formula is C22H26F2N2O3. The van der Waals surface area contributed by atoms with E-state index in [4.69, 9.17) is 9.47 Å². The van der Waals surface area contributed by atoms with Crippen LogP contribution in [0.15, 0.2) is 36.4 Å². The first kappa shape index (κ1) is 20.9. The summed E-state index contributed by atoms with van der Waals surface area (Å²) in [7, 11) is 0. The van der Waals surface area contributed by atoms with Crippen LogP contribution >= 0.6 is 0 Å². The lowest BCUT2D eigenvalue weighted by molar-refractivity contribution is -0.119. The monoisotopic (exact) mass is 404 g/mol. The van der Waals surface area contributed by atoms with Crippen molar-refractivity contribution in [2.75, 3.05) is 24.6 Å². The fourth-order valence-corrected chi connectivity index (χ4v) is 3.49. The van der Waals surface area contributed by atoms with Gasteiger partial charge in [0.2, 0.25) is 11.7 Å². The summed E-state index contributed by atoms with van der Waals surface area (Å²) in [5.74, 6) is -1.31. The van der Waals surface area contributed by atoms with Crippen LogP contribution in [-0.4, -0.2) is 31.7 Å². The predicted octanol–water partition coefficient (Wildman–Crippen LogP) is 4.22. The van der Waals surface area contributed by atoms with Crippen LogP contribution in [-0.2, 0) is 4.79 Å². The maximum Gasteiger partial charge on any atom is 0.217 e. The number of hydrogen-bond acceptors (Lipinski definition) is 4. The molecule has 3 rings (SSSR count). The number of carbonyl (C=O) groups excluding carboxylic acids is 1. The molecule has 0 spiro atoms. The van der Waals surface area contributed by atoms with Crippen molar-refractivity contribution in [3.63, 3.8) is 0 Å². The molecule has 1 amide bonds. The zero-order valence-corrected chi connectivity index (χ0v) is 16.9. The molecular weight excluding hydrogens is 378 g/mol. The zero-order valence-electron chi connectivity index (χ0n) is 16.9. The minimum absolute atomic E-state index is 0.0747. The molecule has 0 bridgehead atoms. The van der Waals surface area contributed by atoms with Crippen molar-refractivity contribution in [1.82, 2.24) is 5.32 Å². The molecule has 1 heterocycles. The fraction of sp³-hybridized carbons (Fsp3) is 0.409. The number of halogens is 2. The van der Waals surface area contributed by atoms with Crippen molar-refractivity contribution < 1.29 is 23.0 Å². The smallest absolute Gasteiger partial charge is 0.217 e. The van der Waals surface area contributed by atoms with Gasteiger partial charge in [0.15, 0.2) is 11.6 Å². The first-order valence-electron chi connectivity index (χ1n) is 9.78. The molecule has 0 saturated carbocycles. The Morgan fingerprint density at radius 3 is 2.59 bits per heavy atom. The maximum atomic E-state index is 14.4. The molecule has 1 aliphatic rings. The number of amides is 1. The van der Waals surface area contributed by atoms with Crippen LogP contribution in [0, 0.1) is 11.6 Å². The summed E-state index contributed by atoms with van der Waals surface area (Å²) >= 11 is 0. The Balaban J connectivity index is 1.62. The molecule has 0 unspecified atom stereocenters. The van der Waals surface area contributed by atoms with E-state index in [1.807, 2.05) is 31.2 Å². The van der Waals surface area contributed by atoms with Gasteiger partial charge in [-0.2, -0.15) is 4.39 Å². The molecule has 2 aromatic rings. The van der Waals surface area contributed by atoms with E-state index in [1.165, 1.54) is 13.0 Å². The average molecular weight is 404 g/mol. The molecule has 5 nitrogen and oxygen atoms in total. The molecule has 1 saturated heterocycles. The summed E-state index contributed by atoms with van der Waals surface area (Å²) in [5.41, 5.74) is 1.20. The van der Waals surface area contributed by atoms with Gasteiger partial charge >= 0.3 is 0 Å². The molecule has 2 aromatic carbocycles. The van der Waals surface area contributed by atoms with Crippen molar-refractivity contribution in [3.8, 4) is 11.5 Å².